The van der Waals surface area contributed by atoms with Gasteiger partial charge in [-0.15, -0.1) is 0 Å². The summed E-state index contributed by atoms with van der Waals surface area (Å²) in [6.45, 7) is 1.02. The molecule has 2 amide bonds. The topological polar surface area (TPSA) is 93.4 Å². The third-order valence-corrected chi connectivity index (χ3v) is 4.70. The molecule has 1 aliphatic heterocycles. The van der Waals surface area contributed by atoms with Crippen LogP contribution in [0.4, 0.5) is 4.79 Å². The number of carbonyl (C=O) groups is 2. The zero-order chi connectivity index (χ0) is 16.4. The molecule has 2 unspecified atom stereocenters. The van der Waals surface area contributed by atoms with Crippen LogP contribution in [0.2, 0.25) is 0 Å². The van der Waals surface area contributed by atoms with Gasteiger partial charge in [-0.1, -0.05) is 12.5 Å². The molecule has 120 valence electrons. The molecule has 1 saturated carbocycles. The molecule has 1 aromatic carbocycles. The van der Waals surface area contributed by atoms with E-state index in [2.05, 4.69) is 11.4 Å². The fourth-order valence-corrected chi connectivity index (χ4v) is 3.42. The van der Waals surface area contributed by atoms with Crippen LogP contribution in [-0.4, -0.2) is 28.0 Å². The molecule has 23 heavy (non-hydrogen) atoms. The molecule has 3 rings (SSSR count). The average Bonchev–Trinajstić information content (AvgIpc) is 2.98. The number of nitriles is 1. The summed E-state index contributed by atoms with van der Waals surface area (Å²) in [4.78, 5) is 25.2. The molecule has 0 radical (unpaired) electrons. The van der Waals surface area contributed by atoms with Gasteiger partial charge in [-0.3, -0.25) is 4.79 Å². The van der Waals surface area contributed by atoms with Crippen LogP contribution in [0.15, 0.2) is 18.2 Å². The summed E-state index contributed by atoms with van der Waals surface area (Å²) in [5, 5.41) is 21.0. The fraction of sp³-hybridized carbons (Fsp3) is 0.471. The molecule has 0 aromatic heterocycles. The Balaban J connectivity index is 1.60. The molecule has 2 N–H and O–H groups in total. The zero-order valence-electron chi connectivity index (χ0n) is 12.8. The lowest BCUT2D eigenvalue weighted by atomic mass is 9.86. The number of carbonyl (C=O) groups excluding carboxylic acids is 1. The normalized spacial score (nSPS) is 23.0. The van der Waals surface area contributed by atoms with Gasteiger partial charge < -0.3 is 15.3 Å². The minimum atomic E-state index is -0.776. The Bertz CT molecular complexity index is 680. The Morgan fingerprint density at radius 2 is 2.04 bits per heavy atom. The molecule has 6 nitrogen and oxygen atoms in total. The summed E-state index contributed by atoms with van der Waals surface area (Å²) >= 11 is 0. The minimum absolute atomic E-state index is 0.0734. The van der Waals surface area contributed by atoms with Crippen LogP contribution in [0.3, 0.4) is 0 Å². The van der Waals surface area contributed by atoms with Crippen molar-refractivity contribution < 1.29 is 14.7 Å². The maximum atomic E-state index is 12.4. The summed E-state index contributed by atoms with van der Waals surface area (Å²) in [7, 11) is 0. The smallest absolute Gasteiger partial charge is 0.318 e. The van der Waals surface area contributed by atoms with Crippen molar-refractivity contribution in [2.45, 2.75) is 44.8 Å². The number of rotatable bonds is 2. The van der Waals surface area contributed by atoms with E-state index in [1.54, 1.807) is 11.0 Å². The van der Waals surface area contributed by atoms with Crippen LogP contribution in [0.25, 0.3) is 0 Å². The number of benzene rings is 1. The predicted octanol–water partition coefficient (Wildman–Crippen LogP) is 2.23. The van der Waals surface area contributed by atoms with E-state index in [0.717, 1.165) is 24.0 Å². The molecule has 2 atom stereocenters. The Hall–Kier alpha value is -2.55. The largest absolute Gasteiger partial charge is 0.481 e. The van der Waals surface area contributed by atoms with E-state index in [-0.39, 0.29) is 18.0 Å². The molecule has 1 fully saturated rings. The summed E-state index contributed by atoms with van der Waals surface area (Å²) in [5.41, 5.74) is 2.67. The third-order valence-electron chi connectivity index (χ3n) is 4.70. The van der Waals surface area contributed by atoms with Crippen LogP contribution in [0.5, 0.6) is 0 Å². The van der Waals surface area contributed by atoms with E-state index >= 15 is 0 Å². The molecular weight excluding hydrogens is 294 g/mol. The number of nitrogens with one attached hydrogen (secondary N) is 1. The van der Waals surface area contributed by atoms with Gasteiger partial charge in [-0.2, -0.15) is 5.26 Å². The molecule has 1 aliphatic carbocycles. The van der Waals surface area contributed by atoms with Crippen molar-refractivity contribution in [2.75, 3.05) is 0 Å². The van der Waals surface area contributed by atoms with Gasteiger partial charge in [0.25, 0.3) is 0 Å². The number of carboxylic acids is 1. The van der Waals surface area contributed by atoms with Crippen molar-refractivity contribution in [2.24, 2.45) is 5.92 Å². The van der Waals surface area contributed by atoms with E-state index in [1.807, 2.05) is 12.1 Å². The monoisotopic (exact) mass is 313 g/mol. The lowest BCUT2D eigenvalue weighted by Crippen LogP contribution is -2.45. The van der Waals surface area contributed by atoms with Crippen molar-refractivity contribution in [1.29, 1.82) is 5.26 Å². The van der Waals surface area contributed by atoms with Crippen LogP contribution >= 0.6 is 0 Å². The van der Waals surface area contributed by atoms with Crippen LogP contribution in [-0.2, 0) is 17.9 Å². The van der Waals surface area contributed by atoms with Gasteiger partial charge in [0.1, 0.15) is 0 Å². The number of nitrogens with zero attached hydrogens (tertiary/aromatic N) is 2. The molecule has 1 heterocycles. The van der Waals surface area contributed by atoms with Crippen molar-refractivity contribution >= 4 is 12.0 Å². The Morgan fingerprint density at radius 3 is 2.78 bits per heavy atom. The van der Waals surface area contributed by atoms with E-state index in [4.69, 9.17) is 10.4 Å². The van der Waals surface area contributed by atoms with Gasteiger partial charge in [-0.25, -0.2) is 4.79 Å². The number of aliphatic carboxylic acids is 1. The summed E-state index contributed by atoms with van der Waals surface area (Å²) < 4.78 is 0. The van der Waals surface area contributed by atoms with Gasteiger partial charge in [0.15, 0.2) is 0 Å². The quantitative estimate of drug-likeness (QED) is 0.875. The molecule has 6 heteroatoms. The van der Waals surface area contributed by atoms with E-state index in [0.29, 0.717) is 31.5 Å². The number of fused-ring (bicyclic) bond motifs is 1. The highest BCUT2D eigenvalue weighted by atomic mass is 16.4. The molecule has 0 spiro atoms. The number of hydrogen-bond donors (Lipinski definition) is 2. The maximum absolute atomic E-state index is 12.4. The Kier molecular flexibility index (Phi) is 4.20. The highest BCUT2D eigenvalue weighted by Crippen LogP contribution is 2.26. The van der Waals surface area contributed by atoms with Crippen molar-refractivity contribution in [3.05, 3.63) is 34.9 Å². The van der Waals surface area contributed by atoms with E-state index < -0.39 is 5.97 Å². The molecule has 0 saturated heterocycles. The minimum Gasteiger partial charge on any atom is -0.481 e. The van der Waals surface area contributed by atoms with Gasteiger partial charge in [0, 0.05) is 19.1 Å². The number of amides is 2. The first-order valence-electron chi connectivity index (χ1n) is 7.87. The van der Waals surface area contributed by atoms with Crippen LogP contribution in [0.1, 0.15) is 42.4 Å². The fourth-order valence-electron chi connectivity index (χ4n) is 3.42. The van der Waals surface area contributed by atoms with Crippen LogP contribution in [0, 0.1) is 17.2 Å². The van der Waals surface area contributed by atoms with Gasteiger partial charge >= 0.3 is 12.0 Å². The first-order chi connectivity index (χ1) is 11.1. The first-order valence-corrected chi connectivity index (χ1v) is 7.87. The average molecular weight is 313 g/mol. The van der Waals surface area contributed by atoms with Crippen molar-refractivity contribution in [3.8, 4) is 6.07 Å². The number of hydrogen-bond acceptors (Lipinski definition) is 3. The van der Waals surface area contributed by atoms with Crippen molar-refractivity contribution in [1.82, 2.24) is 10.2 Å². The second-order valence-corrected chi connectivity index (χ2v) is 6.30. The van der Waals surface area contributed by atoms with Crippen molar-refractivity contribution in [3.63, 3.8) is 0 Å². The highest BCUT2D eigenvalue weighted by Gasteiger charge is 2.30. The molecule has 0 bridgehead atoms. The zero-order valence-corrected chi connectivity index (χ0v) is 12.8. The lowest BCUT2D eigenvalue weighted by molar-refractivity contribution is -0.143. The summed E-state index contributed by atoms with van der Waals surface area (Å²) in [6.07, 6.45) is 2.84. The molecular formula is C17H19N3O3. The molecule has 1 aromatic rings. The third kappa shape index (κ3) is 3.29. The standard InChI is InChI=1S/C17H19N3O3/c18-8-11-4-5-13-9-20(10-14(13)6-11)17(23)19-15-3-1-2-12(7-15)16(21)22/h4-6,12,15H,1-3,7,9-10H2,(H,19,23)(H,21,22). The Labute approximate surface area is 134 Å². The molecule has 2 aliphatic rings. The first kappa shape index (κ1) is 15.3. The SMILES string of the molecule is N#Cc1ccc2c(c1)CN(C(=O)NC1CCCC(C(=O)O)C1)C2. The van der Waals surface area contributed by atoms with Crippen LogP contribution < -0.4 is 5.32 Å². The predicted molar refractivity (Wildman–Crippen MR) is 82.3 cm³/mol. The van der Waals surface area contributed by atoms with Gasteiger partial charge in [0.05, 0.1) is 17.6 Å². The highest BCUT2D eigenvalue weighted by molar-refractivity contribution is 5.76. The Morgan fingerprint density at radius 1 is 1.26 bits per heavy atom. The number of carboxylic acid groups (broad SMARTS) is 1. The van der Waals surface area contributed by atoms with E-state index in [9.17, 15) is 9.59 Å². The summed E-state index contributed by atoms with van der Waals surface area (Å²) in [5.74, 6) is -1.13. The van der Waals surface area contributed by atoms with Gasteiger partial charge in [0.2, 0.25) is 0 Å². The van der Waals surface area contributed by atoms with Gasteiger partial charge in [-0.05, 0) is 42.5 Å². The summed E-state index contributed by atoms with van der Waals surface area (Å²) in [6, 6.07) is 7.35. The second-order valence-electron chi connectivity index (χ2n) is 6.30. The second kappa shape index (κ2) is 6.29. The number of urea groups is 1. The van der Waals surface area contributed by atoms with E-state index in [1.165, 1.54) is 0 Å². The lowest BCUT2D eigenvalue weighted by Gasteiger charge is -2.29. The maximum Gasteiger partial charge on any atom is 0.318 e.